The number of benzene rings is 3. The Balaban J connectivity index is 1.62. The van der Waals surface area contributed by atoms with Crippen molar-refractivity contribution in [3.05, 3.63) is 96.1 Å². The van der Waals surface area contributed by atoms with Gasteiger partial charge in [-0.05, 0) is 41.8 Å². The van der Waals surface area contributed by atoms with Crippen molar-refractivity contribution < 1.29 is 17.9 Å². The minimum Gasteiger partial charge on any atom is -0.489 e. The van der Waals surface area contributed by atoms with E-state index in [2.05, 4.69) is 4.99 Å². The zero-order chi connectivity index (χ0) is 23.3. The van der Waals surface area contributed by atoms with Gasteiger partial charge >= 0.3 is 0 Å². The molecule has 6 nitrogen and oxygen atoms in total. The number of carbonyl (C=O) groups excluding carboxylic acids is 1. The number of hydrogen-bond donors (Lipinski definition) is 0. The molecular weight excluding hydrogens is 436 g/mol. The zero-order valence-corrected chi connectivity index (χ0v) is 19.2. The van der Waals surface area contributed by atoms with Crippen LogP contribution in [0.3, 0.4) is 0 Å². The molecule has 1 atom stereocenters. The molecule has 0 radical (unpaired) electrons. The van der Waals surface area contributed by atoms with Crippen molar-refractivity contribution in [3.8, 4) is 5.75 Å². The highest BCUT2D eigenvalue weighted by Gasteiger charge is 2.50. The molecule has 0 N–H and O–H groups in total. The number of sulfonamides is 1. The second-order valence-corrected chi connectivity index (χ2v) is 9.77. The molecule has 1 amide bonds. The fraction of sp³-hybridized carbons (Fsp3) is 0.231. The van der Waals surface area contributed by atoms with Crippen molar-refractivity contribution in [1.82, 2.24) is 4.31 Å². The molecule has 4 rings (SSSR count). The van der Waals surface area contributed by atoms with Crippen molar-refractivity contribution in [3.63, 3.8) is 0 Å². The fourth-order valence-electron chi connectivity index (χ4n) is 3.72. The van der Waals surface area contributed by atoms with Crippen LogP contribution in [0.2, 0.25) is 0 Å². The summed E-state index contributed by atoms with van der Waals surface area (Å²) < 4.78 is 33.4. The van der Waals surface area contributed by atoms with Gasteiger partial charge in [0.2, 0.25) is 0 Å². The zero-order valence-electron chi connectivity index (χ0n) is 18.4. The van der Waals surface area contributed by atoms with Gasteiger partial charge in [-0.15, -0.1) is 0 Å². The number of aliphatic imine (C=N–C) groups is 1. The molecule has 0 aromatic heterocycles. The summed E-state index contributed by atoms with van der Waals surface area (Å²) in [4.78, 5) is 17.6. The molecule has 1 aliphatic rings. The van der Waals surface area contributed by atoms with E-state index in [0.29, 0.717) is 30.0 Å². The lowest BCUT2D eigenvalue weighted by molar-refractivity contribution is -0.119. The van der Waals surface area contributed by atoms with Crippen LogP contribution in [0.25, 0.3) is 0 Å². The molecule has 3 aromatic carbocycles. The first-order valence-electron chi connectivity index (χ1n) is 11.0. The van der Waals surface area contributed by atoms with Gasteiger partial charge < -0.3 is 4.74 Å². The molecule has 1 saturated heterocycles. The highest BCUT2D eigenvalue weighted by molar-refractivity contribution is 7.91. The highest BCUT2D eigenvalue weighted by atomic mass is 32.2. The molecule has 170 valence electrons. The number of rotatable bonds is 8. The number of ether oxygens (including phenoxy) is 1. The first-order chi connectivity index (χ1) is 16.0. The van der Waals surface area contributed by atoms with Crippen LogP contribution < -0.4 is 4.74 Å². The van der Waals surface area contributed by atoms with Crippen molar-refractivity contribution in [2.24, 2.45) is 4.99 Å². The largest absolute Gasteiger partial charge is 0.489 e. The van der Waals surface area contributed by atoms with E-state index in [1.807, 2.05) is 43.3 Å². The average molecular weight is 463 g/mol. The van der Waals surface area contributed by atoms with Gasteiger partial charge in [-0.2, -0.15) is 0 Å². The molecule has 3 aromatic rings. The molecule has 1 unspecified atom stereocenters. The van der Waals surface area contributed by atoms with Gasteiger partial charge in [0.15, 0.2) is 5.25 Å². The molecule has 1 fully saturated rings. The number of hydrogen-bond acceptors (Lipinski definition) is 5. The SMILES string of the molecule is CCCCN1C(=O)C(=Nc2ccc(OCc3ccccc3)cc2)C(c2ccccc2)S1(=O)=O. The van der Waals surface area contributed by atoms with Crippen LogP contribution in [0.4, 0.5) is 5.69 Å². The van der Waals surface area contributed by atoms with Crippen molar-refractivity contribution in [2.75, 3.05) is 6.54 Å². The highest BCUT2D eigenvalue weighted by Crippen LogP contribution is 2.36. The minimum absolute atomic E-state index is 0.0234. The van der Waals surface area contributed by atoms with E-state index in [0.717, 1.165) is 16.3 Å². The summed E-state index contributed by atoms with van der Waals surface area (Å²) in [5, 5.41) is -1.11. The van der Waals surface area contributed by atoms with E-state index in [1.165, 1.54) is 0 Å². The van der Waals surface area contributed by atoms with Gasteiger partial charge in [0.1, 0.15) is 18.1 Å². The van der Waals surface area contributed by atoms with Crippen LogP contribution in [0.15, 0.2) is 89.9 Å². The van der Waals surface area contributed by atoms with Gasteiger partial charge in [-0.25, -0.2) is 17.7 Å². The van der Waals surface area contributed by atoms with Crippen LogP contribution in [-0.2, 0) is 21.4 Å². The third-order valence-electron chi connectivity index (χ3n) is 5.45. The minimum atomic E-state index is -3.89. The quantitative estimate of drug-likeness (QED) is 0.469. The van der Waals surface area contributed by atoms with Gasteiger partial charge in [-0.3, -0.25) is 4.79 Å². The van der Waals surface area contributed by atoms with Crippen molar-refractivity contribution >= 4 is 27.3 Å². The summed E-state index contributed by atoms with van der Waals surface area (Å²) in [5.74, 6) is 0.110. The number of unbranched alkanes of at least 4 members (excludes halogenated alkanes) is 1. The molecule has 1 aliphatic heterocycles. The van der Waals surface area contributed by atoms with Crippen LogP contribution in [0.1, 0.15) is 36.1 Å². The third-order valence-corrected chi connectivity index (χ3v) is 7.50. The van der Waals surface area contributed by atoms with E-state index < -0.39 is 21.2 Å². The maximum Gasteiger partial charge on any atom is 0.283 e. The lowest BCUT2D eigenvalue weighted by atomic mass is 10.1. The van der Waals surface area contributed by atoms with Gasteiger partial charge in [0.05, 0.1) is 5.69 Å². The fourth-order valence-corrected chi connectivity index (χ4v) is 5.61. The Kier molecular flexibility index (Phi) is 6.89. The van der Waals surface area contributed by atoms with Crippen molar-refractivity contribution in [2.45, 2.75) is 31.6 Å². The lowest BCUT2D eigenvalue weighted by Crippen LogP contribution is -2.31. The summed E-state index contributed by atoms with van der Waals surface area (Å²) >= 11 is 0. The normalized spacial score (nSPS) is 18.6. The summed E-state index contributed by atoms with van der Waals surface area (Å²) in [6, 6.07) is 25.6. The Morgan fingerprint density at radius 1 is 0.909 bits per heavy atom. The summed E-state index contributed by atoms with van der Waals surface area (Å²) in [7, 11) is -3.89. The maximum absolute atomic E-state index is 13.3. The first-order valence-corrected chi connectivity index (χ1v) is 12.5. The van der Waals surface area contributed by atoms with Crippen LogP contribution in [0, 0.1) is 0 Å². The molecule has 7 heteroatoms. The van der Waals surface area contributed by atoms with E-state index in [-0.39, 0.29) is 12.3 Å². The van der Waals surface area contributed by atoms with Gasteiger partial charge in [0, 0.05) is 6.54 Å². The number of nitrogens with zero attached hydrogens (tertiary/aromatic N) is 2. The second-order valence-electron chi connectivity index (χ2n) is 7.83. The Morgan fingerprint density at radius 2 is 1.55 bits per heavy atom. The Morgan fingerprint density at radius 3 is 2.18 bits per heavy atom. The first kappa shape index (κ1) is 22.7. The Bertz CT molecular complexity index is 1220. The summed E-state index contributed by atoms with van der Waals surface area (Å²) in [6.45, 7) is 2.55. The predicted octanol–water partition coefficient (Wildman–Crippen LogP) is 5.05. The summed E-state index contributed by atoms with van der Waals surface area (Å²) in [5.41, 5.74) is 2.11. The number of amides is 1. The van der Waals surface area contributed by atoms with Crippen LogP contribution in [-0.4, -0.2) is 30.9 Å². The summed E-state index contributed by atoms with van der Waals surface area (Å²) in [6.07, 6.45) is 1.39. The maximum atomic E-state index is 13.3. The monoisotopic (exact) mass is 462 g/mol. The third kappa shape index (κ3) is 4.98. The molecule has 0 aliphatic carbocycles. The van der Waals surface area contributed by atoms with Crippen molar-refractivity contribution in [1.29, 1.82) is 0 Å². The van der Waals surface area contributed by atoms with E-state index in [1.54, 1.807) is 48.5 Å². The second kappa shape index (κ2) is 10.0. The topological polar surface area (TPSA) is 76.0 Å². The average Bonchev–Trinajstić information content (AvgIpc) is 3.02. The molecule has 33 heavy (non-hydrogen) atoms. The van der Waals surface area contributed by atoms with Gasteiger partial charge in [-0.1, -0.05) is 74.0 Å². The van der Waals surface area contributed by atoms with Gasteiger partial charge in [0.25, 0.3) is 15.9 Å². The van der Waals surface area contributed by atoms with E-state index >= 15 is 0 Å². The Hall–Kier alpha value is -3.45. The smallest absolute Gasteiger partial charge is 0.283 e. The molecule has 0 spiro atoms. The Labute approximate surface area is 194 Å². The van der Waals surface area contributed by atoms with E-state index in [9.17, 15) is 13.2 Å². The number of carbonyl (C=O) groups is 1. The molecular formula is C26H26N2O4S. The molecule has 0 saturated carbocycles. The van der Waals surface area contributed by atoms with E-state index in [4.69, 9.17) is 4.74 Å². The lowest BCUT2D eigenvalue weighted by Gasteiger charge is -2.15. The van der Waals surface area contributed by atoms with Crippen LogP contribution in [0.5, 0.6) is 5.75 Å². The van der Waals surface area contributed by atoms with Crippen LogP contribution >= 0.6 is 0 Å². The molecule has 1 heterocycles. The standard InChI is InChI=1S/C26H26N2O4S/c1-2-3-18-28-26(29)24(25(33(28,30)31)21-12-8-5-9-13-21)27-22-14-16-23(17-15-22)32-19-20-10-6-4-7-11-20/h4-17,25H,2-3,18-19H2,1H3. The predicted molar refractivity (Wildman–Crippen MR) is 129 cm³/mol. The molecule has 0 bridgehead atoms.